The molecular formula is C29H46N4O12S2. The van der Waals surface area contributed by atoms with Gasteiger partial charge in [-0.2, -0.15) is 0 Å². The molecule has 2 rings (SSSR count). The van der Waals surface area contributed by atoms with E-state index in [2.05, 4.69) is 21.3 Å². The number of aliphatic hydroxyl groups excluding tert-OH is 6. The molecule has 18 heteroatoms. The second kappa shape index (κ2) is 18.7. The number of nitrogens with one attached hydrogen (secondary N) is 4. The first kappa shape index (κ1) is 40.5. The molecule has 0 spiro atoms. The molecular weight excluding hydrogens is 660 g/mol. The lowest BCUT2D eigenvalue weighted by molar-refractivity contribution is -0.138. The van der Waals surface area contributed by atoms with Crippen LogP contribution in [-0.2, 0) is 24.0 Å². The molecule has 0 aromatic rings. The first-order valence-corrected chi connectivity index (χ1v) is 17.4. The lowest BCUT2D eigenvalue weighted by Gasteiger charge is -2.28. The van der Waals surface area contributed by atoms with E-state index in [0.717, 1.165) is 12.2 Å². The number of amides is 4. The summed E-state index contributed by atoms with van der Waals surface area (Å²) < 4.78 is -0.187. The summed E-state index contributed by atoms with van der Waals surface area (Å²) in [5, 5.41) is 78.1. The van der Waals surface area contributed by atoms with Crippen molar-refractivity contribution in [2.75, 3.05) is 18.8 Å². The summed E-state index contributed by atoms with van der Waals surface area (Å²) in [7, 11) is 2.74. The Labute approximate surface area is 280 Å². The maximum Gasteiger partial charge on any atom is 0.322 e. The van der Waals surface area contributed by atoms with E-state index in [0.29, 0.717) is 6.42 Å². The summed E-state index contributed by atoms with van der Waals surface area (Å²) in [4.78, 5) is 62.9. The van der Waals surface area contributed by atoms with Crippen molar-refractivity contribution in [1.82, 2.24) is 21.3 Å². The molecule has 16 nitrogen and oxygen atoms in total. The van der Waals surface area contributed by atoms with Crippen molar-refractivity contribution in [3.63, 3.8) is 0 Å². The van der Waals surface area contributed by atoms with E-state index in [4.69, 9.17) is 5.11 Å². The molecule has 0 bridgehead atoms. The predicted octanol–water partition coefficient (Wildman–Crippen LogP) is -2.55. The SMILES string of the molecule is CC(C)(C)SSC[C@H](NC(=O)[C@H](CCCCNC(=O)C1=C[C@@H](O)[C@@H](O)[C@H](O)C1)NC(=O)C1=C[C@@H](O)[C@@H](O)[C@H](O)C1)C(=O)NCC(=O)O. The van der Waals surface area contributed by atoms with Crippen LogP contribution in [0.15, 0.2) is 23.3 Å². The van der Waals surface area contributed by atoms with E-state index in [1.165, 1.54) is 21.6 Å². The van der Waals surface area contributed by atoms with E-state index >= 15 is 0 Å². The van der Waals surface area contributed by atoms with Crippen molar-refractivity contribution >= 4 is 51.2 Å². The van der Waals surface area contributed by atoms with Crippen molar-refractivity contribution in [2.24, 2.45) is 0 Å². The molecule has 0 radical (unpaired) electrons. The normalized spacial score (nSPS) is 25.8. The minimum absolute atomic E-state index is 0.0219. The number of rotatable bonds is 16. The van der Waals surface area contributed by atoms with Gasteiger partial charge in [0.15, 0.2) is 0 Å². The monoisotopic (exact) mass is 706 g/mol. The van der Waals surface area contributed by atoms with Gasteiger partial charge in [-0.3, -0.25) is 24.0 Å². The van der Waals surface area contributed by atoms with Gasteiger partial charge in [-0.15, -0.1) is 0 Å². The lowest BCUT2D eigenvalue weighted by atomic mass is 9.91. The van der Waals surface area contributed by atoms with Crippen LogP contribution >= 0.6 is 21.6 Å². The lowest BCUT2D eigenvalue weighted by Crippen LogP contribution is -2.55. The Morgan fingerprint density at radius 3 is 1.85 bits per heavy atom. The number of hydrogen-bond acceptors (Lipinski definition) is 13. The summed E-state index contributed by atoms with van der Waals surface area (Å²) in [5.74, 6) is -4.06. The number of aliphatic carboxylic acids is 1. The molecule has 4 amide bonds. The minimum Gasteiger partial charge on any atom is -0.480 e. The van der Waals surface area contributed by atoms with E-state index in [1.807, 2.05) is 20.8 Å². The molecule has 2 aliphatic rings. The summed E-state index contributed by atoms with van der Waals surface area (Å²) in [6.45, 7) is 5.30. The second-order valence-corrected chi connectivity index (χ2v) is 15.5. The Kier molecular flexibility index (Phi) is 16.1. The molecule has 0 saturated carbocycles. The van der Waals surface area contributed by atoms with Crippen LogP contribution in [0.25, 0.3) is 0 Å². The molecule has 2 aliphatic carbocycles. The van der Waals surface area contributed by atoms with Gasteiger partial charge in [0.25, 0.3) is 0 Å². The van der Waals surface area contributed by atoms with Crippen LogP contribution in [0.5, 0.6) is 0 Å². The van der Waals surface area contributed by atoms with Crippen molar-refractivity contribution in [2.45, 2.75) is 106 Å². The average Bonchev–Trinajstić information content (AvgIpc) is 2.98. The molecule has 0 aromatic heterocycles. The van der Waals surface area contributed by atoms with Crippen LogP contribution in [-0.4, -0.2) is 138 Å². The van der Waals surface area contributed by atoms with Gasteiger partial charge >= 0.3 is 5.97 Å². The van der Waals surface area contributed by atoms with Crippen LogP contribution in [0.1, 0.15) is 52.9 Å². The molecule has 266 valence electrons. The smallest absolute Gasteiger partial charge is 0.322 e. The molecule has 0 aliphatic heterocycles. The minimum atomic E-state index is -1.51. The van der Waals surface area contributed by atoms with E-state index in [9.17, 15) is 54.6 Å². The predicted molar refractivity (Wildman–Crippen MR) is 173 cm³/mol. The number of carboxylic acids is 1. The highest BCUT2D eigenvalue weighted by Crippen LogP contribution is 2.35. The molecule has 0 aromatic carbocycles. The van der Waals surface area contributed by atoms with Crippen LogP contribution in [0.4, 0.5) is 0 Å². The van der Waals surface area contributed by atoms with Gasteiger partial charge in [0, 0.05) is 41.0 Å². The van der Waals surface area contributed by atoms with Gasteiger partial charge in [0.05, 0.1) is 12.2 Å². The third-order valence-corrected chi connectivity index (χ3v) is 10.4. The third kappa shape index (κ3) is 13.7. The van der Waals surface area contributed by atoms with Gasteiger partial charge in [0.1, 0.15) is 43.0 Å². The van der Waals surface area contributed by atoms with Crippen molar-refractivity contribution in [3.05, 3.63) is 23.3 Å². The van der Waals surface area contributed by atoms with Gasteiger partial charge in [-0.25, -0.2) is 0 Å². The van der Waals surface area contributed by atoms with E-state index in [-0.39, 0.29) is 53.9 Å². The van der Waals surface area contributed by atoms with Crippen LogP contribution in [0.3, 0.4) is 0 Å². The van der Waals surface area contributed by atoms with E-state index in [1.54, 1.807) is 0 Å². The van der Waals surface area contributed by atoms with Crippen LogP contribution in [0.2, 0.25) is 0 Å². The average molecular weight is 707 g/mol. The zero-order valence-electron chi connectivity index (χ0n) is 26.4. The summed E-state index contributed by atoms with van der Waals surface area (Å²) in [6.07, 6.45) is -6.11. The van der Waals surface area contributed by atoms with Gasteiger partial charge < -0.3 is 57.0 Å². The first-order chi connectivity index (χ1) is 21.9. The fourth-order valence-electron chi connectivity index (χ4n) is 4.56. The number of carbonyl (C=O) groups excluding carboxylic acids is 4. The topological polar surface area (TPSA) is 275 Å². The first-order valence-electron chi connectivity index (χ1n) is 15.1. The fraction of sp³-hybridized carbons (Fsp3) is 0.690. The van der Waals surface area contributed by atoms with Crippen molar-refractivity contribution < 1.29 is 59.7 Å². The van der Waals surface area contributed by atoms with Gasteiger partial charge in [-0.1, -0.05) is 42.4 Å². The highest BCUT2D eigenvalue weighted by molar-refractivity contribution is 8.77. The molecule has 47 heavy (non-hydrogen) atoms. The molecule has 0 heterocycles. The van der Waals surface area contributed by atoms with Gasteiger partial charge in [-0.05, 0) is 31.4 Å². The fourth-order valence-corrected chi connectivity index (χ4v) is 7.02. The second-order valence-electron chi connectivity index (χ2n) is 12.3. The highest BCUT2D eigenvalue weighted by Gasteiger charge is 2.34. The number of carboxylic acid groups (broad SMARTS) is 1. The zero-order chi connectivity index (χ0) is 35.5. The maximum absolute atomic E-state index is 13.5. The largest absolute Gasteiger partial charge is 0.480 e. The Balaban J connectivity index is 2.12. The number of carbonyl (C=O) groups is 5. The Bertz CT molecular complexity index is 1190. The zero-order valence-corrected chi connectivity index (χ0v) is 28.1. The number of hydrogen-bond donors (Lipinski definition) is 11. The Morgan fingerprint density at radius 2 is 1.34 bits per heavy atom. The van der Waals surface area contributed by atoms with Gasteiger partial charge in [0.2, 0.25) is 23.6 Å². The van der Waals surface area contributed by atoms with Crippen molar-refractivity contribution in [3.8, 4) is 0 Å². The molecule has 0 unspecified atom stereocenters. The Hall–Kier alpha value is -2.71. The van der Waals surface area contributed by atoms with E-state index < -0.39 is 84.9 Å². The molecule has 8 atom stereocenters. The number of unbranched alkanes of at least 4 members (excludes halogenated alkanes) is 1. The quantitative estimate of drug-likeness (QED) is 0.0583. The summed E-state index contributed by atoms with van der Waals surface area (Å²) in [6, 6.07) is -2.40. The van der Waals surface area contributed by atoms with Crippen LogP contribution in [0, 0.1) is 0 Å². The molecule has 0 fully saturated rings. The Morgan fingerprint density at radius 1 is 0.787 bits per heavy atom. The van der Waals surface area contributed by atoms with Crippen molar-refractivity contribution in [1.29, 1.82) is 0 Å². The standard InChI is InChI=1S/C29H46N4O12S2/c1-29(2,3)47-46-13-17(27(44)31-12-22(38)39)33-28(45)16(32-26(43)15-10-20(36)24(41)21(37)11-15)6-4-5-7-30-25(42)14-8-18(34)23(40)19(35)9-14/h8,10,16-21,23-24,34-37,40-41H,4-7,9,11-13H2,1-3H3,(H,30,42)(H,31,44)(H,32,43)(H,33,45)(H,38,39)/t16-,17-,18+,19+,20+,21+,23+,24+/m0/s1. The molecule has 0 saturated heterocycles. The number of aliphatic hydroxyl groups is 6. The third-order valence-electron chi connectivity index (χ3n) is 7.09. The summed E-state index contributed by atoms with van der Waals surface area (Å²) >= 11 is 0. The summed E-state index contributed by atoms with van der Waals surface area (Å²) in [5.41, 5.74) is 0.0354. The maximum atomic E-state index is 13.5. The molecule has 11 N–H and O–H groups in total. The highest BCUT2D eigenvalue weighted by atomic mass is 33.1. The van der Waals surface area contributed by atoms with Crippen LogP contribution < -0.4 is 21.3 Å².